The van der Waals surface area contributed by atoms with Crippen molar-refractivity contribution >= 4 is 18.0 Å². The molecule has 188 valence electrons. The van der Waals surface area contributed by atoms with Gasteiger partial charge < -0.3 is 20.5 Å². The zero-order valence-corrected chi connectivity index (χ0v) is 21.2. The van der Waals surface area contributed by atoms with Gasteiger partial charge in [0.2, 0.25) is 5.91 Å². The fourth-order valence-electron chi connectivity index (χ4n) is 4.43. The summed E-state index contributed by atoms with van der Waals surface area (Å²) >= 11 is 0. The molecular formula is C28H36N2O5. The summed E-state index contributed by atoms with van der Waals surface area (Å²) in [6.07, 6.45) is 0.592. The molecule has 7 heteroatoms. The number of carboxylic acids is 1. The Morgan fingerprint density at radius 1 is 0.971 bits per heavy atom. The number of carbonyl (C=O) groups is 3. The van der Waals surface area contributed by atoms with Gasteiger partial charge in [0, 0.05) is 12.5 Å². The summed E-state index contributed by atoms with van der Waals surface area (Å²) in [5.41, 5.74) is 2.58. The Morgan fingerprint density at radius 2 is 1.51 bits per heavy atom. The third kappa shape index (κ3) is 5.50. The van der Waals surface area contributed by atoms with Crippen LogP contribution in [-0.2, 0) is 14.3 Å². The van der Waals surface area contributed by atoms with E-state index in [0.717, 1.165) is 22.3 Å². The Hall–Kier alpha value is -3.35. The molecule has 0 fully saturated rings. The molecule has 0 bridgehead atoms. The first-order valence-corrected chi connectivity index (χ1v) is 12.1. The highest BCUT2D eigenvalue weighted by molar-refractivity contribution is 5.85. The standard InChI is InChI=1S/C28H36N2O5/c1-6-11-18(24(31)32)16-29-25(33)27(2,3)28(4,5)30-26(34)35-17-23-21-14-9-7-12-19(21)20-13-8-10-15-22(20)23/h7-10,12-15,18,23H,6,11,16-17H2,1-5H3,(H,29,33)(H,30,34)(H,31,32). The van der Waals surface area contributed by atoms with E-state index >= 15 is 0 Å². The molecule has 7 nitrogen and oxygen atoms in total. The minimum Gasteiger partial charge on any atom is -0.481 e. The van der Waals surface area contributed by atoms with Crippen LogP contribution >= 0.6 is 0 Å². The lowest BCUT2D eigenvalue weighted by atomic mass is 9.73. The fraction of sp³-hybridized carbons (Fsp3) is 0.464. The number of alkyl carbamates (subject to hydrolysis) is 1. The van der Waals surface area contributed by atoms with Crippen LogP contribution in [0.25, 0.3) is 11.1 Å². The normalized spacial score (nSPS) is 14.0. The summed E-state index contributed by atoms with van der Waals surface area (Å²) < 4.78 is 5.65. The molecule has 2 amide bonds. The maximum Gasteiger partial charge on any atom is 0.407 e. The Balaban J connectivity index is 1.63. The number of carbonyl (C=O) groups excluding carboxylic acids is 2. The minimum atomic E-state index is -1.02. The molecule has 3 N–H and O–H groups in total. The predicted octanol–water partition coefficient (Wildman–Crippen LogP) is 4.95. The summed E-state index contributed by atoms with van der Waals surface area (Å²) in [5, 5.41) is 14.9. The van der Waals surface area contributed by atoms with E-state index in [2.05, 4.69) is 34.9 Å². The topological polar surface area (TPSA) is 105 Å². The Labute approximate surface area is 207 Å². The highest BCUT2D eigenvalue weighted by Crippen LogP contribution is 2.44. The molecule has 2 aromatic rings. The molecule has 0 aliphatic heterocycles. The van der Waals surface area contributed by atoms with E-state index in [0.29, 0.717) is 12.8 Å². The van der Waals surface area contributed by atoms with Crippen molar-refractivity contribution in [2.75, 3.05) is 13.2 Å². The number of hydrogen-bond acceptors (Lipinski definition) is 4. The highest BCUT2D eigenvalue weighted by atomic mass is 16.5. The van der Waals surface area contributed by atoms with E-state index in [9.17, 15) is 19.5 Å². The van der Waals surface area contributed by atoms with Crippen LogP contribution in [0.15, 0.2) is 48.5 Å². The molecule has 2 aromatic carbocycles. The first-order chi connectivity index (χ1) is 16.5. The van der Waals surface area contributed by atoms with Crippen LogP contribution in [0.4, 0.5) is 4.79 Å². The lowest BCUT2D eigenvalue weighted by molar-refractivity contribution is -0.142. The van der Waals surface area contributed by atoms with Gasteiger partial charge in [0.15, 0.2) is 0 Å². The van der Waals surface area contributed by atoms with Crippen molar-refractivity contribution in [3.63, 3.8) is 0 Å². The molecule has 1 unspecified atom stereocenters. The van der Waals surface area contributed by atoms with Crippen molar-refractivity contribution < 1.29 is 24.2 Å². The van der Waals surface area contributed by atoms with Crippen molar-refractivity contribution in [3.8, 4) is 11.1 Å². The summed E-state index contributed by atoms with van der Waals surface area (Å²) in [5.74, 6) is -1.96. The van der Waals surface area contributed by atoms with Gasteiger partial charge in [0.1, 0.15) is 6.61 Å². The summed E-state index contributed by atoms with van der Waals surface area (Å²) in [6.45, 7) is 9.10. The average Bonchev–Trinajstić information content (AvgIpc) is 3.13. The van der Waals surface area contributed by atoms with E-state index in [1.54, 1.807) is 27.7 Å². The van der Waals surface area contributed by atoms with Gasteiger partial charge in [-0.25, -0.2) is 4.79 Å². The lowest BCUT2D eigenvalue weighted by Gasteiger charge is -2.40. The molecule has 1 atom stereocenters. The number of hydrogen-bond donors (Lipinski definition) is 3. The van der Waals surface area contributed by atoms with Crippen LogP contribution in [0.3, 0.4) is 0 Å². The molecular weight excluding hydrogens is 444 g/mol. The zero-order chi connectivity index (χ0) is 25.8. The Kier molecular flexibility index (Phi) is 7.88. The number of aliphatic carboxylic acids is 1. The maximum atomic E-state index is 13.0. The second-order valence-corrected chi connectivity index (χ2v) is 10.2. The summed E-state index contributed by atoms with van der Waals surface area (Å²) in [4.78, 5) is 37.2. The Bertz CT molecular complexity index is 1050. The molecule has 35 heavy (non-hydrogen) atoms. The third-order valence-corrected chi connectivity index (χ3v) is 7.38. The van der Waals surface area contributed by atoms with Gasteiger partial charge >= 0.3 is 12.1 Å². The van der Waals surface area contributed by atoms with Crippen LogP contribution < -0.4 is 10.6 Å². The van der Waals surface area contributed by atoms with Gasteiger partial charge in [0.25, 0.3) is 0 Å². The second-order valence-electron chi connectivity index (χ2n) is 10.2. The van der Waals surface area contributed by atoms with Crippen molar-refractivity contribution in [2.45, 2.75) is 58.9 Å². The van der Waals surface area contributed by atoms with Gasteiger partial charge in [-0.1, -0.05) is 61.9 Å². The maximum absolute atomic E-state index is 13.0. The van der Waals surface area contributed by atoms with E-state index in [1.807, 2.05) is 31.2 Å². The molecule has 0 heterocycles. The average molecular weight is 481 g/mol. The van der Waals surface area contributed by atoms with Gasteiger partial charge in [-0.2, -0.15) is 0 Å². The van der Waals surface area contributed by atoms with Crippen LogP contribution in [0.2, 0.25) is 0 Å². The van der Waals surface area contributed by atoms with E-state index in [1.165, 1.54) is 0 Å². The summed E-state index contributed by atoms with van der Waals surface area (Å²) in [7, 11) is 0. The number of fused-ring (bicyclic) bond motifs is 3. The molecule has 0 saturated heterocycles. The van der Waals surface area contributed by atoms with Gasteiger partial charge in [-0.3, -0.25) is 9.59 Å². The number of carboxylic acid groups (broad SMARTS) is 1. The molecule has 3 rings (SSSR count). The number of benzene rings is 2. The highest BCUT2D eigenvalue weighted by Gasteiger charge is 2.45. The van der Waals surface area contributed by atoms with Crippen LogP contribution in [0.1, 0.15) is 64.5 Å². The van der Waals surface area contributed by atoms with Crippen molar-refractivity contribution in [1.29, 1.82) is 0 Å². The largest absolute Gasteiger partial charge is 0.481 e. The second kappa shape index (κ2) is 10.5. The monoisotopic (exact) mass is 480 g/mol. The van der Waals surface area contributed by atoms with Crippen molar-refractivity contribution in [1.82, 2.24) is 10.6 Å². The number of rotatable bonds is 10. The first kappa shape index (κ1) is 26.3. The van der Waals surface area contributed by atoms with E-state index < -0.39 is 28.9 Å². The van der Waals surface area contributed by atoms with Crippen molar-refractivity contribution in [3.05, 3.63) is 59.7 Å². The van der Waals surface area contributed by atoms with Crippen molar-refractivity contribution in [2.24, 2.45) is 11.3 Å². The molecule has 0 aromatic heterocycles. The quantitative estimate of drug-likeness (QED) is 0.446. The number of ether oxygens (including phenoxy) is 1. The van der Waals surface area contributed by atoms with Gasteiger partial charge in [-0.05, 0) is 56.4 Å². The van der Waals surface area contributed by atoms with E-state index in [4.69, 9.17) is 4.74 Å². The Morgan fingerprint density at radius 3 is 2.03 bits per heavy atom. The first-order valence-electron chi connectivity index (χ1n) is 12.1. The van der Waals surface area contributed by atoms with Gasteiger partial charge in [0.05, 0.1) is 16.9 Å². The molecule has 1 aliphatic carbocycles. The number of nitrogens with one attached hydrogen (secondary N) is 2. The van der Waals surface area contributed by atoms with Crippen LogP contribution in [0.5, 0.6) is 0 Å². The molecule has 0 spiro atoms. The molecule has 0 radical (unpaired) electrons. The zero-order valence-electron chi connectivity index (χ0n) is 21.2. The van der Waals surface area contributed by atoms with Crippen LogP contribution in [-0.4, -0.2) is 41.8 Å². The number of amides is 2. The van der Waals surface area contributed by atoms with Crippen LogP contribution in [0, 0.1) is 11.3 Å². The molecule has 1 aliphatic rings. The van der Waals surface area contributed by atoms with Gasteiger partial charge in [-0.15, -0.1) is 0 Å². The minimum absolute atomic E-state index is 0.0481. The smallest absolute Gasteiger partial charge is 0.407 e. The SMILES string of the molecule is CCCC(CNC(=O)C(C)(C)C(C)(C)NC(=O)OCC1c2ccccc2-c2ccccc21)C(=O)O. The lowest BCUT2D eigenvalue weighted by Crippen LogP contribution is -2.60. The molecule has 0 saturated carbocycles. The van der Waals surface area contributed by atoms with E-state index in [-0.39, 0.29) is 25.0 Å². The summed E-state index contributed by atoms with van der Waals surface area (Å²) in [6, 6.07) is 16.2. The third-order valence-electron chi connectivity index (χ3n) is 7.38. The fourth-order valence-corrected chi connectivity index (χ4v) is 4.43. The predicted molar refractivity (Wildman–Crippen MR) is 135 cm³/mol.